The van der Waals surface area contributed by atoms with Crippen LogP contribution in [0, 0.1) is 24.7 Å². The van der Waals surface area contributed by atoms with E-state index in [9.17, 15) is 9.59 Å². The number of hydrogen-bond acceptors (Lipinski definition) is 7. The zero-order chi connectivity index (χ0) is 20.6. The summed E-state index contributed by atoms with van der Waals surface area (Å²) in [5.41, 5.74) is 0.221. The van der Waals surface area contributed by atoms with Gasteiger partial charge in [0.15, 0.2) is 0 Å². The lowest BCUT2D eigenvalue weighted by molar-refractivity contribution is -0.00555. The van der Waals surface area contributed by atoms with Crippen molar-refractivity contribution in [3.63, 3.8) is 0 Å². The molecule has 4 fully saturated rings. The number of amides is 1. The second-order valence-electron chi connectivity index (χ2n) is 9.44. The van der Waals surface area contributed by atoms with Crippen LogP contribution in [0.4, 0.5) is 5.13 Å². The zero-order valence-electron chi connectivity index (χ0n) is 17.0. The highest BCUT2D eigenvalue weighted by Gasteiger charge is 2.53. The predicted molar refractivity (Wildman–Crippen MR) is 112 cm³/mol. The number of anilines is 1. The van der Waals surface area contributed by atoms with Crippen molar-refractivity contribution in [3.8, 4) is 0 Å². The summed E-state index contributed by atoms with van der Waals surface area (Å²) in [4.78, 5) is 29.7. The van der Waals surface area contributed by atoms with Gasteiger partial charge >= 0.3 is 0 Å². The molecule has 0 radical (unpaired) electrons. The van der Waals surface area contributed by atoms with Gasteiger partial charge in [0.2, 0.25) is 10.8 Å². The largest absolute Gasteiger partial charge is 0.442 e. The molecule has 0 aromatic carbocycles. The Labute approximate surface area is 176 Å². The van der Waals surface area contributed by atoms with Gasteiger partial charge in [-0.25, -0.2) is 4.98 Å². The van der Waals surface area contributed by atoms with Crippen molar-refractivity contribution in [1.82, 2.24) is 19.7 Å². The van der Waals surface area contributed by atoms with E-state index >= 15 is 0 Å². The lowest BCUT2D eigenvalue weighted by atomic mass is 9.50. The van der Waals surface area contributed by atoms with Crippen LogP contribution in [0.3, 0.4) is 0 Å². The van der Waals surface area contributed by atoms with Gasteiger partial charge in [-0.05, 0) is 63.2 Å². The van der Waals surface area contributed by atoms with Crippen molar-refractivity contribution >= 4 is 33.5 Å². The third kappa shape index (κ3) is 2.60. The van der Waals surface area contributed by atoms with Crippen LogP contribution < -0.4 is 10.9 Å². The fourth-order valence-electron chi connectivity index (χ4n) is 6.48. The van der Waals surface area contributed by atoms with Crippen molar-refractivity contribution in [2.45, 2.75) is 50.9 Å². The second-order valence-corrected chi connectivity index (χ2v) is 10.4. The van der Waals surface area contributed by atoms with Gasteiger partial charge in [0.05, 0.1) is 5.56 Å². The van der Waals surface area contributed by atoms with Gasteiger partial charge in [-0.1, -0.05) is 11.3 Å². The van der Waals surface area contributed by atoms with Gasteiger partial charge in [-0.2, -0.15) is 0 Å². The zero-order valence-corrected chi connectivity index (χ0v) is 17.8. The summed E-state index contributed by atoms with van der Waals surface area (Å²) in [5.74, 6) is 2.42. The van der Waals surface area contributed by atoms with E-state index in [1.165, 1.54) is 60.8 Å². The number of rotatable bonds is 3. The molecule has 4 aliphatic rings. The van der Waals surface area contributed by atoms with Crippen molar-refractivity contribution < 1.29 is 9.21 Å². The minimum Gasteiger partial charge on any atom is -0.442 e. The van der Waals surface area contributed by atoms with Crippen molar-refractivity contribution in [3.05, 3.63) is 33.0 Å². The Morgan fingerprint density at radius 2 is 1.87 bits per heavy atom. The lowest BCUT2D eigenvalue weighted by Crippen LogP contribution is -2.48. The molecule has 3 aromatic heterocycles. The minimum absolute atomic E-state index is 0.146. The maximum absolute atomic E-state index is 13.0. The normalized spacial score (nSPS) is 29.6. The van der Waals surface area contributed by atoms with Gasteiger partial charge in [-0.15, -0.1) is 10.2 Å². The van der Waals surface area contributed by atoms with Crippen molar-refractivity contribution in [1.29, 1.82) is 0 Å². The summed E-state index contributed by atoms with van der Waals surface area (Å²) >= 11 is 1.48. The number of aromatic nitrogens is 4. The Morgan fingerprint density at radius 1 is 1.20 bits per heavy atom. The van der Waals surface area contributed by atoms with Gasteiger partial charge in [0.1, 0.15) is 22.5 Å². The van der Waals surface area contributed by atoms with Crippen LogP contribution in [0.1, 0.15) is 59.7 Å². The maximum Gasteiger partial charge on any atom is 0.265 e. The Balaban J connectivity index is 1.31. The molecule has 4 bridgehead atoms. The van der Waals surface area contributed by atoms with Crippen LogP contribution in [-0.4, -0.2) is 25.7 Å². The smallest absolute Gasteiger partial charge is 0.265 e. The quantitative estimate of drug-likeness (QED) is 0.690. The van der Waals surface area contributed by atoms with Crippen LogP contribution >= 0.6 is 11.3 Å². The molecule has 1 N–H and O–H groups in total. The molecule has 1 amide bonds. The summed E-state index contributed by atoms with van der Waals surface area (Å²) in [6.45, 7) is 1.66. The van der Waals surface area contributed by atoms with E-state index in [2.05, 4.69) is 20.5 Å². The topological polar surface area (TPSA) is 103 Å². The van der Waals surface area contributed by atoms with E-state index in [1.54, 1.807) is 14.0 Å². The predicted octanol–water partition coefficient (Wildman–Crippen LogP) is 3.41. The van der Waals surface area contributed by atoms with E-state index in [1.807, 2.05) is 0 Å². The number of carbonyl (C=O) groups is 1. The first-order valence-corrected chi connectivity index (χ1v) is 11.3. The second kappa shape index (κ2) is 6.23. The van der Waals surface area contributed by atoms with E-state index in [0.717, 1.165) is 22.8 Å². The summed E-state index contributed by atoms with van der Waals surface area (Å²) < 4.78 is 6.88. The molecule has 3 aromatic rings. The third-order valence-corrected chi connectivity index (χ3v) is 8.40. The number of nitrogens with one attached hydrogen (secondary N) is 1. The fourth-order valence-corrected chi connectivity index (χ4v) is 7.44. The summed E-state index contributed by atoms with van der Waals surface area (Å²) in [7, 11) is 1.60. The van der Waals surface area contributed by atoms with Crippen LogP contribution in [0.2, 0.25) is 0 Å². The lowest BCUT2D eigenvalue weighted by Gasteiger charge is -2.55. The first kappa shape index (κ1) is 18.2. The molecule has 0 atom stereocenters. The first-order chi connectivity index (χ1) is 14.4. The van der Waals surface area contributed by atoms with E-state index in [4.69, 9.17) is 4.42 Å². The molecule has 4 saturated carbocycles. The molecule has 156 valence electrons. The van der Waals surface area contributed by atoms with Crippen LogP contribution in [0.5, 0.6) is 0 Å². The van der Waals surface area contributed by atoms with Gasteiger partial charge < -0.3 is 8.98 Å². The van der Waals surface area contributed by atoms with Gasteiger partial charge in [-0.3, -0.25) is 14.9 Å². The van der Waals surface area contributed by atoms with E-state index in [-0.39, 0.29) is 27.6 Å². The van der Waals surface area contributed by atoms with Crippen molar-refractivity contribution in [2.24, 2.45) is 24.8 Å². The Kier molecular flexibility index (Phi) is 3.79. The highest BCUT2D eigenvalue weighted by atomic mass is 32.1. The minimum atomic E-state index is -0.412. The molecule has 0 unspecified atom stereocenters. The first-order valence-electron chi connectivity index (χ1n) is 10.5. The van der Waals surface area contributed by atoms with Gasteiger partial charge in [0, 0.05) is 12.5 Å². The number of carbonyl (C=O) groups excluding carboxylic acids is 1. The van der Waals surface area contributed by atoms with E-state index < -0.39 is 5.91 Å². The highest BCUT2D eigenvalue weighted by Crippen LogP contribution is 2.61. The molecular weight excluding hydrogens is 402 g/mol. The molecule has 3 heterocycles. The molecule has 0 spiro atoms. The third-order valence-electron chi connectivity index (χ3n) is 7.31. The number of aryl methyl sites for hydroxylation is 2. The van der Waals surface area contributed by atoms with Crippen LogP contribution in [0.25, 0.3) is 11.1 Å². The molecule has 8 nitrogen and oxygen atoms in total. The van der Waals surface area contributed by atoms with Crippen LogP contribution in [-0.2, 0) is 12.5 Å². The Hall–Kier alpha value is -2.55. The van der Waals surface area contributed by atoms with Crippen LogP contribution in [0.15, 0.2) is 15.5 Å². The average Bonchev–Trinajstić information content (AvgIpc) is 3.28. The molecule has 30 heavy (non-hydrogen) atoms. The number of nitrogens with zero attached hydrogens (tertiary/aromatic N) is 4. The van der Waals surface area contributed by atoms with E-state index in [0.29, 0.717) is 10.9 Å². The Bertz CT molecular complexity index is 1200. The molecular formula is C21H23N5O3S. The standard InChI is InChI=1S/C21H23N5O3S/c1-10-14(15-17(29-10)22-9-26(2)18(15)28)16(27)23-20-25-24-19(30-20)21-6-11-3-12(7-21)5-13(4-11)8-21/h9,11-13H,3-8H2,1-2H3,(H,23,25,27). The molecule has 9 heteroatoms. The number of hydrogen-bond donors (Lipinski definition) is 1. The summed E-state index contributed by atoms with van der Waals surface area (Å²) in [6, 6.07) is 0. The Morgan fingerprint density at radius 3 is 2.53 bits per heavy atom. The highest BCUT2D eigenvalue weighted by molar-refractivity contribution is 7.15. The fraction of sp³-hybridized carbons (Fsp3) is 0.571. The molecule has 4 aliphatic carbocycles. The van der Waals surface area contributed by atoms with Gasteiger partial charge in [0.25, 0.3) is 11.5 Å². The number of furan rings is 1. The molecule has 7 rings (SSSR count). The summed E-state index contributed by atoms with van der Waals surface area (Å²) in [6.07, 6.45) is 9.11. The molecule has 0 saturated heterocycles. The van der Waals surface area contributed by atoms with Crippen molar-refractivity contribution in [2.75, 3.05) is 5.32 Å². The monoisotopic (exact) mass is 425 g/mol. The maximum atomic E-state index is 13.0. The number of fused-ring (bicyclic) bond motifs is 1. The SMILES string of the molecule is Cc1oc2ncn(C)c(=O)c2c1C(=O)Nc1nnc(C23CC4CC(CC(C4)C2)C3)s1. The molecule has 0 aliphatic heterocycles. The average molecular weight is 426 g/mol. The summed E-state index contributed by atoms with van der Waals surface area (Å²) in [5, 5.41) is 13.4.